The second-order valence-electron chi connectivity index (χ2n) is 7.63. The number of hydrogen-bond donors (Lipinski definition) is 4. The van der Waals surface area contributed by atoms with Crippen LogP contribution in [0.25, 0.3) is 0 Å². The van der Waals surface area contributed by atoms with Gasteiger partial charge in [0.05, 0.1) is 20.1 Å². The molecule has 2 aliphatic heterocycles. The third-order valence-corrected chi connectivity index (χ3v) is 8.38. The standard InChI is InChI=1S/C12H11Cl3N2OS.C11H11Cl2N3OS/c1-6-4-10(18)17-12(16-6)19-5-7-8(13)2-3-9(14)11(7)15;1-6-2-10(17)16-11(15-6)18-5-7-8(12)3-14-4-9(7)13/h2-4,10,18H,5H2,1H3,(H,16,17);2-4,10,17H,5H2,1H3,(H,15,16). The lowest BCUT2D eigenvalue weighted by Gasteiger charge is -2.17. The van der Waals surface area contributed by atoms with Gasteiger partial charge in [-0.25, -0.2) is 9.98 Å². The second-order valence-corrected chi connectivity index (χ2v) is 11.6. The predicted octanol–water partition coefficient (Wildman–Crippen LogP) is 6.86. The van der Waals surface area contributed by atoms with Crippen LogP contribution in [-0.4, -0.2) is 38.0 Å². The minimum absolute atomic E-state index is 0.450. The Kier molecular flexibility index (Phi) is 11.8. The van der Waals surface area contributed by atoms with Crippen LogP contribution in [0.2, 0.25) is 25.1 Å². The number of pyridine rings is 1. The first-order valence-electron chi connectivity index (χ1n) is 10.6. The molecule has 0 radical (unpaired) electrons. The molecule has 0 amide bonds. The third-order valence-electron chi connectivity index (χ3n) is 4.70. The van der Waals surface area contributed by atoms with Crippen LogP contribution in [0.4, 0.5) is 0 Å². The molecule has 2 aromatic rings. The molecule has 0 saturated carbocycles. The number of aliphatic hydroxyl groups is 2. The molecule has 1 aromatic carbocycles. The van der Waals surface area contributed by atoms with Gasteiger partial charge in [-0.3, -0.25) is 4.98 Å². The fourth-order valence-electron chi connectivity index (χ4n) is 2.95. The van der Waals surface area contributed by atoms with E-state index in [-0.39, 0.29) is 0 Å². The molecule has 0 aliphatic carbocycles. The molecule has 0 spiro atoms. The van der Waals surface area contributed by atoms with Crippen molar-refractivity contribution in [2.24, 2.45) is 9.98 Å². The van der Waals surface area contributed by atoms with Crippen molar-refractivity contribution in [3.63, 3.8) is 0 Å². The Labute approximate surface area is 248 Å². The summed E-state index contributed by atoms with van der Waals surface area (Å²) in [5, 5.41) is 28.9. The molecule has 4 N–H and O–H groups in total. The molecule has 2 unspecified atom stereocenters. The van der Waals surface area contributed by atoms with Crippen molar-refractivity contribution < 1.29 is 10.2 Å². The lowest BCUT2D eigenvalue weighted by Crippen LogP contribution is -2.26. The van der Waals surface area contributed by atoms with Crippen LogP contribution in [0, 0.1) is 0 Å². The minimum Gasteiger partial charge on any atom is -0.368 e. The average molecular weight is 642 g/mol. The van der Waals surface area contributed by atoms with Gasteiger partial charge in [-0.15, -0.1) is 0 Å². The number of rotatable bonds is 4. The predicted molar refractivity (Wildman–Crippen MR) is 159 cm³/mol. The van der Waals surface area contributed by atoms with Gasteiger partial charge in [0.1, 0.15) is 0 Å². The van der Waals surface area contributed by atoms with Gasteiger partial charge < -0.3 is 20.8 Å². The summed E-state index contributed by atoms with van der Waals surface area (Å²) in [5.41, 5.74) is 3.29. The lowest BCUT2D eigenvalue weighted by molar-refractivity contribution is 0.230. The summed E-state index contributed by atoms with van der Waals surface area (Å²) in [4.78, 5) is 12.0. The van der Waals surface area contributed by atoms with E-state index in [9.17, 15) is 10.2 Å². The van der Waals surface area contributed by atoms with Gasteiger partial charge in [-0.1, -0.05) is 81.5 Å². The van der Waals surface area contributed by atoms with Gasteiger partial charge in [0.25, 0.3) is 0 Å². The number of aromatic nitrogens is 1. The van der Waals surface area contributed by atoms with Gasteiger partial charge in [-0.2, -0.15) is 0 Å². The monoisotopic (exact) mass is 639 g/mol. The summed E-state index contributed by atoms with van der Waals surface area (Å²) >= 11 is 33.1. The zero-order chi connectivity index (χ0) is 27.1. The van der Waals surface area contributed by atoms with Crippen LogP contribution in [0.1, 0.15) is 25.0 Å². The van der Waals surface area contributed by atoms with Crippen molar-refractivity contribution >= 4 is 91.9 Å². The Balaban J connectivity index is 0.000000206. The molecule has 14 heteroatoms. The highest BCUT2D eigenvalue weighted by Crippen LogP contribution is 2.34. The van der Waals surface area contributed by atoms with Gasteiger partial charge in [0, 0.05) is 51.4 Å². The molecular formula is C23H22Cl5N5O2S2. The molecule has 0 saturated heterocycles. The van der Waals surface area contributed by atoms with Crippen LogP contribution < -0.4 is 10.6 Å². The molecule has 4 rings (SSSR count). The normalized spacial score (nSPS) is 18.8. The summed E-state index contributed by atoms with van der Waals surface area (Å²) in [6.07, 6.45) is 4.77. The van der Waals surface area contributed by atoms with E-state index in [4.69, 9.17) is 58.0 Å². The Morgan fingerprint density at radius 2 is 1.19 bits per heavy atom. The molecular weight excluding hydrogens is 620 g/mol. The molecule has 0 bridgehead atoms. The van der Waals surface area contributed by atoms with Crippen molar-refractivity contribution in [2.75, 3.05) is 0 Å². The number of hydrogen-bond acceptors (Lipinski definition) is 9. The van der Waals surface area contributed by atoms with E-state index in [1.165, 1.54) is 23.5 Å². The fourth-order valence-corrected chi connectivity index (χ4v) is 6.45. The quantitative estimate of drug-likeness (QED) is 0.271. The van der Waals surface area contributed by atoms with E-state index in [0.717, 1.165) is 22.5 Å². The number of aliphatic hydroxyl groups excluding tert-OH is 2. The number of thioether (sulfide) groups is 2. The highest BCUT2D eigenvalue weighted by atomic mass is 35.5. The van der Waals surface area contributed by atoms with Crippen LogP contribution in [0.15, 0.2) is 58.1 Å². The van der Waals surface area contributed by atoms with Gasteiger partial charge in [0.2, 0.25) is 0 Å². The van der Waals surface area contributed by atoms with Crippen molar-refractivity contribution in [3.05, 3.63) is 84.3 Å². The van der Waals surface area contributed by atoms with E-state index in [1.54, 1.807) is 36.7 Å². The van der Waals surface area contributed by atoms with E-state index in [1.807, 2.05) is 13.8 Å². The SMILES string of the molecule is CC1=CC(O)N=C(SCc2c(Cl)ccc(Cl)c2Cl)N1.CC1=CC(O)N=C(SCc2c(Cl)cncc2Cl)N1. The summed E-state index contributed by atoms with van der Waals surface area (Å²) in [6, 6.07) is 3.37. The molecule has 3 heterocycles. The summed E-state index contributed by atoms with van der Waals surface area (Å²) in [7, 11) is 0. The maximum Gasteiger partial charge on any atom is 0.169 e. The van der Waals surface area contributed by atoms with Crippen molar-refractivity contribution in [3.8, 4) is 0 Å². The lowest BCUT2D eigenvalue weighted by atomic mass is 10.2. The maximum atomic E-state index is 9.51. The van der Waals surface area contributed by atoms with Gasteiger partial charge >= 0.3 is 0 Å². The summed E-state index contributed by atoms with van der Waals surface area (Å²) < 4.78 is 0. The highest BCUT2D eigenvalue weighted by Gasteiger charge is 2.15. The minimum atomic E-state index is -0.811. The van der Waals surface area contributed by atoms with Gasteiger partial charge in [-0.05, 0) is 38.1 Å². The Hall–Kier alpha value is -1.14. The van der Waals surface area contributed by atoms with Crippen molar-refractivity contribution in [1.29, 1.82) is 0 Å². The number of nitrogens with zero attached hydrogens (tertiary/aromatic N) is 3. The third kappa shape index (κ3) is 9.23. The number of nitrogens with one attached hydrogen (secondary N) is 2. The molecule has 198 valence electrons. The Bertz CT molecular complexity index is 1250. The van der Waals surface area contributed by atoms with Crippen LogP contribution >= 0.6 is 81.5 Å². The van der Waals surface area contributed by atoms with Gasteiger partial charge in [0.15, 0.2) is 22.8 Å². The van der Waals surface area contributed by atoms with Crippen LogP contribution in [0.5, 0.6) is 0 Å². The number of halogens is 5. The highest BCUT2D eigenvalue weighted by molar-refractivity contribution is 8.13. The van der Waals surface area contributed by atoms with Crippen LogP contribution in [0.3, 0.4) is 0 Å². The zero-order valence-electron chi connectivity index (χ0n) is 19.5. The number of allylic oxidation sites excluding steroid dienone is 2. The average Bonchev–Trinajstić information content (AvgIpc) is 2.80. The summed E-state index contributed by atoms with van der Waals surface area (Å²) in [5.74, 6) is 1.08. The van der Waals surface area contributed by atoms with Crippen LogP contribution in [-0.2, 0) is 11.5 Å². The second kappa shape index (κ2) is 14.3. The van der Waals surface area contributed by atoms with E-state index >= 15 is 0 Å². The molecule has 37 heavy (non-hydrogen) atoms. The summed E-state index contributed by atoms with van der Waals surface area (Å²) in [6.45, 7) is 3.72. The molecule has 2 aliphatic rings. The van der Waals surface area contributed by atoms with E-state index in [0.29, 0.717) is 47.0 Å². The number of benzene rings is 1. The largest absolute Gasteiger partial charge is 0.368 e. The molecule has 0 fully saturated rings. The molecule has 2 atom stereocenters. The zero-order valence-corrected chi connectivity index (χ0v) is 24.9. The Morgan fingerprint density at radius 1 is 0.730 bits per heavy atom. The first kappa shape index (κ1) is 30.4. The smallest absolute Gasteiger partial charge is 0.169 e. The maximum absolute atomic E-state index is 9.51. The molecule has 7 nitrogen and oxygen atoms in total. The number of aliphatic imine (C=N–C) groups is 2. The number of amidine groups is 2. The van der Waals surface area contributed by atoms with E-state index in [2.05, 4.69) is 25.6 Å². The first-order valence-corrected chi connectivity index (χ1v) is 14.5. The molecule has 1 aromatic heterocycles. The van der Waals surface area contributed by atoms with Crippen molar-refractivity contribution in [1.82, 2.24) is 15.6 Å². The first-order chi connectivity index (χ1) is 17.5. The van der Waals surface area contributed by atoms with E-state index < -0.39 is 12.5 Å². The topological polar surface area (TPSA) is 102 Å². The van der Waals surface area contributed by atoms with Crippen molar-refractivity contribution in [2.45, 2.75) is 37.8 Å². The fraction of sp³-hybridized carbons (Fsp3) is 0.261. The Morgan fingerprint density at radius 3 is 1.68 bits per heavy atom.